The molecule has 0 radical (unpaired) electrons. The van der Waals surface area contributed by atoms with Gasteiger partial charge in [-0.25, -0.2) is 9.59 Å². The Kier molecular flexibility index (Phi) is 2.21. The van der Waals surface area contributed by atoms with E-state index in [1.165, 1.54) is 0 Å². The minimum absolute atomic E-state index is 0.203. The van der Waals surface area contributed by atoms with Gasteiger partial charge in [0.2, 0.25) is 0 Å². The number of hydrogen-bond acceptors (Lipinski definition) is 5. The molecule has 2 rings (SSSR count). The first-order valence-electron chi connectivity index (χ1n) is 5.35. The summed E-state index contributed by atoms with van der Waals surface area (Å²) in [5.74, 6) is -1.08. The molecule has 0 unspecified atom stereocenters. The molecule has 0 bridgehead atoms. The molecule has 1 fully saturated rings. The van der Waals surface area contributed by atoms with Gasteiger partial charge in [-0.05, 0) is 20.8 Å². The summed E-state index contributed by atoms with van der Waals surface area (Å²) in [6.45, 7) is 5.15. The topological polar surface area (TPSA) is 100 Å². The lowest BCUT2D eigenvalue weighted by Gasteiger charge is -2.41. The first kappa shape index (κ1) is 11.8. The van der Waals surface area contributed by atoms with Crippen LogP contribution in [-0.2, 0) is 9.53 Å². The van der Waals surface area contributed by atoms with Gasteiger partial charge in [0, 0.05) is 12.8 Å². The number of carbonyl (C=O) groups is 2. The molecule has 1 amide bonds. The van der Waals surface area contributed by atoms with E-state index in [1.807, 2.05) is 0 Å². The van der Waals surface area contributed by atoms with Gasteiger partial charge in [0.25, 0.3) is 0 Å². The third-order valence-electron chi connectivity index (χ3n) is 2.70. The Morgan fingerprint density at radius 3 is 2.18 bits per heavy atom. The number of amides is 1. The van der Waals surface area contributed by atoms with E-state index >= 15 is 0 Å². The number of hydrogen-bond donors (Lipinski definition) is 2. The van der Waals surface area contributed by atoms with Crippen molar-refractivity contribution in [3.63, 3.8) is 0 Å². The van der Waals surface area contributed by atoms with Crippen molar-refractivity contribution in [3.05, 3.63) is 0 Å². The maximum atomic E-state index is 11.5. The van der Waals surface area contributed by atoms with Gasteiger partial charge in [0.15, 0.2) is 5.66 Å². The van der Waals surface area contributed by atoms with Crippen LogP contribution in [0.4, 0.5) is 4.79 Å². The molecule has 1 saturated carbocycles. The van der Waals surface area contributed by atoms with Crippen LogP contribution in [0.25, 0.3) is 0 Å². The normalized spacial score (nSPS) is 22.8. The number of rotatable bonds is 2. The summed E-state index contributed by atoms with van der Waals surface area (Å²) in [6.07, 6.45) is -0.321. The van der Waals surface area contributed by atoms with Gasteiger partial charge in [0.05, 0.1) is 0 Å². The summed E-state index contributed by atoms with van der Waals surface area (Å²) in [5, 5.41) is 19.1. The minimum Gasteiger partial charge on any atom is -0.479 e. The van der Waals surface area contributed by atoms with Gasteiger partial charge in [-0.15, -0.1) is 0 Å². The van der Waals surface area contributed by atoms with Crippen LogP contribution in [0.3, 0.4) is 0 Å². The van der Waals surface area contributed by atoms with Crippen LogP contribution >= 0.6 is 0 Å². The fraction of sp³-hybridized carbons (Fsp3) is 0.800. The monoisotopic (exact) mass is 241 g/mol. The molecule has 1 spiro atoms. The van der Waals surface area contributed by atoms with E-state index < -0.39 is 28.9 Å². The van der Waals surface area contributed by atoms with Gasteiger partial charge >= 0.3 is 12.1 Å². The molecule has 7 heteroatoms. The Morgan fingerprint density at radius 1 is 1.29 bits per heavy atom. The number of nitrogens with zero attached hydrogens (tertiary/aromatic N) is 2. The zero-order valence-electron chi connectivity index (χ0n) is 9.98. The van der Waals surface area contributed by atoms with E-state index in [0.29, 0.717) is 0 Å². The van der Waals surface area contributed by atoms with Gasteiger partial charge in [0.1, 0.15) is 11.1 Å². The van der Waals surface area contributed by atoms with Gasteiger partial charge in [-0.3, -0.25) is 0 Å². The summed E-state index contributed by atoms with van der Waals surface area (Å²) in [5.41, 5.74) is -2.49. The standard InChI is InChI=1S/C10H15N3O4/c1-8(2,3)17-7(16)11-9(6(14)15)4-10(5-9)12-13-10/h4-5H2,1-3H3,(H,11,16)(H,14,15). The fourth-order valence-corrected chi connectivity index (χ4v) is 1.92. The maximum Gasteiger partial charge on any atom is 0.408 e. The van der Waals surface area contributed by atoms with Crippen molar-refractivity contribution in [2.75, 3.05) is 0 Å². The number of carboxylic acids is 1. The third-order valence-corrected chi connectivity index (χ3v) is 2.70. The van der Waals surface area contributed by atoms with Crippen molar-refractivity contribution in [2.24, 2.45) is 10.2 Å². The van der Waals surface area contributed by atoms with E-state index in [-0.39, 0.29) is 12.8 Å². The number of alkyl carbamates (subject to hydrolysis) is 1. The summed E-state index contributed by atoms with van der Waals surface area (Å²) >= 11 is 0. The molecule has 0 aromatic rings. The Morgan fingerprint density at radius 2 is 1.82 bits per heavy atom. The minimum atomic E-state index is -1.29. The molecule has 17 heavy (non-hydrogen) atoms. The highest BCUT2D eigenvalue weighted by molar-refractivity contribution is 5.86. The summed E-state index contributed by atoms with van der Waals surface area (Å²) < 4.78 is 5.03. The van der Waals surface area contributed by atoms with E-state index in [9.17, 15) is 9.59 Å². The molecule has 0 aromatic heterocycles. The van der Waals surface area contributed by atoms with E-state index in [0.717, 1.165) is 0 Å². The first-order chi connectivity index (χ1) is 7.67. The molecule has 2 N–H and O–H groups in total. The molecule has 1 heterocycles. The van der Waals surface area contributed by atoms with Crippen LogP contribution in [0.15, 0.2) is 10.2 Å². The zero-order valence-corrected chi connectivity index (χ0v) is 9.98. The Bertz CT molecular complexity index is 396. The van der Waals surface area contributed by atoms with Crippen LogP contribution in [0.2, 0.25) is 0 Å². The lowest BCUT2D eigenvalue weighted by molar-refractivity contribution is -0.150. The molecule has 7 nitrogen and oxygen atoms in total. The highest BCUT2D eigenvalue weighted by Gasteiger charge is 2.66. The molecule has 1 aliphatic heterocycles. The summed E-state index contributed by atoms with van der Waals surface area (Å²) in [6, 6.07) is 0. The van der Waals surface area contributed by atoms with Crippen LogP contribution < -0.4 is 5.32 Å². The summed E-state index contributed by atoms with van der Waals surface area (Å²) in [4.78, 5) is 22.7. The number of aliphatic carboxylic acids is 1. The fourth-order valence-electron chi connectivity index (χ4n) is 1.92. The smallest absolute Gasteiger partial charge is 0.408 e. The lowest BCUT2D eigenvalue weighted by Crippen LogP contribution is -2.66. The second-order valence-corrected chi connectivity index (χ2v) is 5.55. The highest BCUT2D eigenvalue weighted by atomic mass is 16.6. The van der Waals surface area contributed by atoms with Crippen molar-refractivity contribution >= 4 is 12.1 Å². The van der Waals surface area contributed by atoms with Crippen LogP contribution in [0.5, 0.6) is 0 Å². The predicted octanol–water partition coefficient (Wildman–Crippen LogP) is 1.29. The van der Waals surface area contributed by atoms with Crippen LogP contribution in [-0.4, -0.2) is 34.0 Å². The van der Waals surface area contributed by atoms with Gasteiger partial charge in [-0.1, -0.05) is 0 Å². The van der Waals surface area contributed by atoms with Gasteiger partial charge in [-0.2, -0.15) is 10.2 Å². The quantitative estimate of drug-likeness (QED) is 0.760. The highest BCUT2D eigenvalue weighted by Crippen LogP contribution is 2.53. The van der Waals surface area contributed by atoms with Crippen molar-refractivity contribution in [1.82, 2.24) is 5.32 Å². The van der Waals surface area contributed by atoms with E-state index in [1.54, 1.807) is 20.8 Å². The average molecular weight is 241 g/mol. The van der Waals surface area contributed by atoms with Crippen molar-refractivity contribution in [3.8, 4) is 0 Å². The average Bonchev–Trinajstić information content (AvgIpc) is 2.78. The molecular formula is C10H15N3O4. The first-order valence-corrected chi connectivity index (χ1v) is 5.35. The van der Waals surface area contributed by atoms with Crippen LogP contribution in [0, 0.1) is 0 Å². The molecule has 0 aromatic carbocycles. The largest absolute Gasteiger partial charge is 0.479 e. The van der Waals surface area contributed by atoms with Crippen LogP contribution in [0.1, 0.15) is 33.6 Å². The van der Waals surface area contributed by atoms with Crippen molar-refractivity contribution in [1.29, 1.82) is 0 Å². The Balaban J connectivity index is 1.96. The van der Waals surface area contributed by atoms with E-state index in [2.05, 4.69) is 15.5 Å². The Hall–Kier alpha value is -1.66. The molecule has 94 valence electrons. The summed E-state index contributed by atoms with van der Waals surface area (Å²) in [7, 11) is 0. The number of carbonyl (C=O) groups excluding carboxylic acids is 1. The Labute approximate surface area is 98.2 Å². The zero-order chi connectivity index (χ0) is 12.9. The maximum absolute atomic E-state index is 11.5. The third kappa shape index (κ3) is 2.22. The molecule has 2 aliphatic rings. The molecule has 1 aliphatic carbocycles. The molecule has 0 saturated heterocycles. The number of nitrogens with one attached hydrogen (secondary N) is 1. The predicted molar refractivity (Wildman–Crippen MR) is 56.6 cm³/mol. The molecular weight excluding hydrogens is 226 g/mol. The number of ether oxygens (including phenoxy) is 1. The second-order valence-electron chi connectivity index (χ2n) is 5.55. The molecule has 0 atom stereocenters. The lowest BCUT2D eigenvalue weighted by atomic mass is 9.70. The van der Waals surface area contributed by atoms with Crippen molar-refractivity contribution in [2.45, 2.75) is 50.4 Å². The number of carboxylic acid groups (broad SMARTS) is 1. The second kappa shape index (κ2) is 3.18. The van der Waals surface area contributed by atoms with Crippen molar-refractivity contribution < 1.29 is 19.4 Å². The SMILES string of the molecule is CC(C)(C)OC(=O)NC1(C(=O)O)CC2(C1)N=N2. The van der Waals surface area contributed by atoms with E-state index in [4.69, 9.17) is 9.84 Å². The van der Waals surface area contributed by atoms with Gasteiger partial charge < -0.3 is 15.2 Å².